The van der Waals surface area contributed by atoms with Crippen LogP contribution in [0, 0.1) is 30.6 Å². The first-order valence-corrected chi connectivity index (χ1v) is 8.40. The second-order valence-corrected chi connectivity index (χ2v) is 6.80. The Labute approximate surface area is 145 Å². The molecule has 0 radical (unpaired) electrons. The normalized spacial score (nSPS) is 26.8. The number of fused-ring (bicyclic) bond motifs is 2. The number of allylic oxidation sites excluding steroid dienone is 2. The summed E-state index contributed by atoms with van der Waals surface area (Å²) in [7, 11) is 0. The topological polar surface area (TPSA) is 82.4 Å². The SMILES string of the molecule is Cc1ccc(-c2cccc(NC(=O)[C@@H]3[C@@H](C(=O)[O-])[C@@H]4C=C[C@H]3C4)c2)o1. The summed E-state index contributed by atoms with van der Waals surface area (Å²) in [5.74, 6) is -1.30. The van der Waals surface area contributed by atoms with Crippen molar-refractivity contribution in [3.63, 3.8) is 0 Å². The number of carbonyl (C=O) groups excluding carboxylic acids is 2. The molecule has 1 amide bonds. The van der Waals surface area contributed by atoms with Crippen molar-refractivity contribution >= 4 is 17.6 Å². The summed E-state index contributed by atoms with van der Waals surface area (Å²) in [6.45, 7) is 1.87. The zero-order valence-corrected chi connectivity index (χ0v) is 13.8. The van der Waals surface area contributed by atoms with Gasteiger partial charge in [-0.2, -0.15) is 0 Å². The molecule has 1 aromatic carbocycles. The average molecular weight is 336 g/mol. The Morgan fingerprint density at radius 2 is 1.88 bits per heavy atom. The fourth-order valence-corrected chi connectivity index (χ4v) is 4.07. The monoisotopic (exact) mass is 336 g/mol. The summed E-state index contributed by atoms with van der Waals surface area (Å²) >= 11 is 0. The van der Waals surface area contributed by atoms with Crippen LogP contribution in [0.1, 0.15) is 12.2 Å². The van der Waals surface area contributed by atoms with Crippen molar-refractivity contribution in [3.05, 3.63) is 54.3 Å². The molecule has 4 rings (SSSR count). The highest BCUT2D eigenvalue weighted by Crippen LogP contribution is 2.48. The van der Waals surface area contributed by atoms with E-state index in [1.165, 1.54) is 0 Å². The Balaban J connectivity index is 1.55. The van der Waals surface area contributed by atoms with E-state index in [1.807, 2.05) is 49.4 Å². The van der Waals surface area contributed by atoms with Gasteiger partial charge in [0.1, 0.15) is 11.5 Å². The fourth-order valence-electron chi connectivity index (χ4n) is 4.07. The number of hydrogen-bond acceptors (Lipinski definition) is 4. The highest BCUT2D eigenvalue weighted by Gasteiger charge is 2.48. The maximum Gasteiger partial charge on any atom is 0.228 e. The van der Waals surface area contributed by atoms with Crippen LogP contribution in [0.3, 0.4) is 0 Å². The third-order valence-corrected chi connectivity index (χ3v) is 5.19. The van der Waals surface area contributed by atoms with Crippen molar-refractivity contribution in [2.24, 2.45) is 23.7 Å². The molecule has 1 fully saturated rings. The lowest BCUT2D eigenvalue weighted by Crippen LogP contribution is -2.42. The number of benzene rings is 1. The van der Waals surface area contributed by atoms with Crippen LogP contribution >= 0.6 is 0 Å². The number of hydrogen-bond donors (Lipinski definition) is 1. The van der Waals surface area contributed by atoms with Crippen molar-refractivity contribution in [1.29, 1.82) is 0 Å². The van der Waals surface area contributed by atoms with E-state index in [9.17, 15) is 14.7 Å². The van der Waals surface area contributed by atoms with Crippen LogP contribution in [0.15, 0.2) is 53.0 Å². The molecule has 2 aliphatic rings. The second-order valence-electron chi connectivity index (χ2n) is 6.80. The van der Waals surface area contributed by atoms with Gasteiger partial charge in [0.05, 0.1) is 5.92 Å². The molecule has 2 bridgehead atoms. The largest absolute Gasteiger partial charge is 0.550 e. The van der Waals surface area contributed by atoms with Crippen LogP contribution in [0.25, 0.3) is 11.3 Å². The molecule has 0 unspecified atom stereocenters. The maximum absolute atomic E-state index is 12.7. The minimum absolute atomic E-state index is 0.0243. The van der Waals surface area contributed by atoms with Gasteiger partial charge in [-0.1, -0.05) is 24.3 Å². The Hall–Kier alpha value is -2.82. The predicted molar refractivity (Wildman–Crippen MR) is 90.2 cm³/mol. The van der Waals surface area contributed by atoms with E-state index in [2.05, 4.69) is 5.32 Å². The number of carbonyl (C=O) groups is 2. The molecule has 1 heterocycles. The average Bonchev–Trinajstić information content (AvgIpc) is 3.30. The first-order chi connectivity index (χ1) is 12.0. The van der Waals surface area contributed by atoms with E-state index in [0.29, 0.717) is 12.1 Å². The summed E-state index contributed by atoms with van der Waals surface area (Å²) in [6, 6.07) is 11.1. The number of aryl methyl sites for hydroxylation is 1. The van der Waals surface area contributed by atoms with Gasteiger partial charge in [-0.25, -0.2) is 0 Å². The number of nitrogens with one attached hydrogen (secondary N) is 1. The lowest BCUT2D eigenvalue weighted by molar-refractivity contribution is -0.313. The Kier molecular flexibility index (Phi) is 3.71. The fraction of sp³-hybridized carbons (Fsp3) is 0.300. The molecule has 5 heteroatoms. The van der Waals surface area contributed by atoms with Crippen molar-refractivity contribution in [2.75, 3.05) is 5.32 Å². The molecule has 128 valence electrons. The first kappa shape index (κ1) is 15.7. The zero-order valence-electron chi connectivity index (χ0n) is 13.8. The molecule has 0 saturated heterocycles. The van der Waals surface area contributed by atoms with Gasteiger partial charge in [-0.3, -0.25) is 4.79 Å². The van der Waals surface area contributed by atoms with Gasteiger partial charge in [0.25, 0.3) is 0 Å². The van der Waals surface area contributed by atoms with Crippen molar-refractivity contribution in [2.45, 2.75) is 13.3 Å². The van der Waals surface area contributed by atoms with E-state index >= 15 is 0 Å². The second kappa shape index (κ2) is 5.92. The van der Waals surface area contributed by atoms with Gasteiger partial charge < -0.3 is 19.6 Å². The number of amides is 1. The number of anilines is 1. The number of carboxylic acids is 1. The summed E-state index contributed by atoms with van der Waals surface area (Å²) in [6.07, 6.45) is 4.56. The highest BCUT2D eigenvalue weighted by molar-refractivity contribution is 5.96. The van der Waals surface area contributed by atoms with Crippen LogP contribution in [-0.2, 0) is 9.59 Å². The van der Waals surface area contributed by atoms with E-state index in [4.69, 9.17) is 4.42 Å². The van der Waals surface area contributed by atoms with Crippen LogP contribution in [-0.4, -0.2) is 11.9 Å². The molecular formula is C20H18NO4-. The highest BCUT2D eigenvalue weighted by atomic mass is 16.4. The number of carboxylic acid groups (broad SMARTS) is 1. The van der Waals surface area contributed by atoms with Gasteiger partial charge >= 0.3 is 0 Å². The molecular weight excluding hydrogens is 318 g/mol. The molecule has 2 aromatic rings. The quantitative estimate of drug-likeness (QED) is 0.869. The van der Waals surface area contributed by atoms with E-state index < -0.39 is 17.8 Å². The summed E-state index contributed by atoms with van der Waals surface area (Å²) < 4.78 is 5.61. The third-order valence-electron chi connectivity index (χ3n) is 5.19. The summed E-state index contributed by atoms with van der Waals surface area (Å²) in [4.78, 5) is 24.2. The Morgan fingerprint density at radius 3 is 2.56 bits per heavy atom. The molecule has 0 spiro atoms. The van der Waals surface area contributed by atoms with Gasteiger partial charge in [0.15, 0.2) is 0 Å². The van der Waals surface area contributed by atoms with Crippen molar-refractivity contribution in [1.82, 2.24) is 0 Å². The maximum atomic E-state index is 12.7. The third kappa shape index (κ3) is 2.76. The number of rotatable bonds is 4. The molecule has 5 nitrogen and oxygen atoms in total. The van der Waals surface area contributed by atoms with Gasteiger partial charge in [-0.05, 0) is 49.4 Å². The van der Waals surface area contributed by atoms with Gasteiger partial charge in [0, 0.05) is 23.1 Å². The number of furan rings is 1. The van der Waals surface area contributed by atoms with Crippen molar-refractivity contribution < 1.29 is 19.1 Å². The molecule has 0 aliphatic heterocycles. The van der Waals surface area contributed by atoms with E-state index in [1.54, 1.807) is 6.07 Å². The summed E-state index contributed by atoms with van der Waals surface area (Å²) in [5.41, 5.74) is 1.48. The molecule has 1 N–H and O–H groups in total. The van der Waals surface area contributed by atoms with Gasteiger partial charge in [0.2, 0.25) is 5.91 Å². The lowest BCUT2D eigenvalue weighted by atomic mass is 9.82. The van der Waals surface area contributed by atoms with E-state index in [0.717, 1.165) is 17.1 Å². The predicted octanol–water partition coefficient (Wildman–Crippen LogP) is 2.38. The van der Waals surface area contributed by atoms with Crippen LogP contribution in [0.5, 0.6) is 0 Å². The smallest absolute Gasteiger partial charge is 0.228 e. The lowest BCUT2D eigenvalue weighted by Gasteiger charge is -2.27. The minimum Gasteiger partial charge on any atom is -0.550 e. The zero-order chi connectivity index (χ0) is 17.6. The van der Waals surface area contributed by atoms with Crippen LogP contribution < -0.4 is 10.4 Å². The van der Waals surface area contributed by atoms with Gasteiger partial charge in [-0.15, -0.1) is 0 Å². The molecule has 1 saturated carbocycles. The molecule has 1 aromatic heterocycles. The Bertz CT molecular complexity index is 866. The minimum atomic E-state index is -1.14. The van der Waals surface area contributed by atoms with Crippen LogP contribution in [0.4, 0.5) is 5.69 Å². The standard InChI is InChI=1S/C20H19NO4/c1-11-5-8-16(25-11)12-3-2-4-15(10-12)21-19(22)17-13-6-7-14(9-13)18(17)20(23)24/h2-8,10,13-14,17-18H,9H2,1H3,(H,21,22)(H,23,24)/p-1/t13-,14+,17-,18-/m0/s1. The number of aliphatic carboxylic acids is 1. The Morgan fingerprint density at radius 1 is 1.12 bits per heavy atom. The first-order valence-electron chi connectivity index (χ1n) is 8.40. The molecule has 4 atom stereocenters. The van der Waals surface area contributed by atoms with Crippen LogP contribution in [0.2, 0.25) is 0 Å². The summed E-state index contributed by atoms with van der Waals surface area (Å²) in [5, 5.41) is 14.3. The van der Waals surface area contributed by atoms with E-state index in [-0.39, 0.29) is 17.7 Å². The molecule has 2 aliphatic carbocycles. The molecule has 25 heavy (non-hydrogen) atoms. The van der Waals surface area contributed by atoms with Crippen molar-refractivity contribution in [3.8, 4) is 11.3 Å².